The zero-order valence-corrected chi connectivity index (χ0v) is 17.3. The largest absolute Gasteiger partial charge is 0.417 e. The predicted molar refractivity (Wildman–Crippen MR) is 107 cm³/mol. The molecule has 5 nitrogen and oxygen atoms in total. The molecule has 0 saturated heterocycles. The lowest BCUT2D eigenvalue weighted by molar-refractivity contribution is -0.137. The van der Waals surface area contributed by atoms with Gasteiger partial charge in [-0.3, -0.25) is 9.55 Å². The van der Waals surface area contributed by atoms with E-state index in [1.807, 2.05) is 0 Å². The van der Waals surface area contributed by atoms with Crippen molar-refractivity contribution in [3.05, 3.63) is 58.8 Å². The molecule has 0 saturated carbocycles. The van der Waals surface area contributed by atoms with Gasteiger partial charge in [-0.1, -0.05) is 28.9 Å². The fourth-order valence-corrected chi connectivity index (χ4v) is 4.41. The van der Waals surface area contributed by atoms with Crippen LogP contribution < -0.4 is 0 Å². The van der Waals surface area contributed by atoms with Crippen molar-refractivity contribution >= 4 is 47.7 Å². The molecule has 0 unspecified atom stereocenters. The minimum Gasteiger partial charge on any atom is -0.298 e. The number of hydrogen-bond acceptors (Lipinski definition) is 4. The van der Waals surface area contributed by atoms with Gasteiger partial charge in [-0.05, 0) is 30.3 Å². The molecular weight excluding hydrogens is 471 g/mol. The summed E-state index contributed by atoms with van der Waals surface area (Å²) < 4.78 is 67.0. The molecule has 0 aliphatic carbocycles. The normalized spacial score (nSPS) is 12.7. The van der Waals surface area contributed by atoms with Crippen molar-refractivity contribution in [1.82, 2.24) is 14.5 Å². The fourth-order valence-electron chi connectivity index (χ4n) is 3.02. The average molecular weight is 484 g/mol. The highest BCUT2D eigenvalue weighted by Gasteiger charge is 2.32. The lowest BCUT2D eigenvalue weighted by atomic mass is 10.2. The van der Waals surface area contributed by atoms with E-state index in [4.69, 9.17) is 0 Å². The molecule has 0 radical (unpaired) electrons. The first-order chi connectivity index (χ1) is 13.6. The van der Waals surface area contributed by atoms with Gasteiger partial charge in [-0.2, -0.15) is 13.2 Å². The van der Waals surface area contributed by atoms with Crippen molar-refractivity contribution in [3.63, 3.8) is 0 Å². The van der Waals surface area contributed by atoms with Crippen LogP contribution >= 0.6 is 15.9 Å². The van der Waals surface area contributed by atoms with E-state index >= 15 is 0 Å². The Bertz CT molecular complexity index is 1360. The second-order valence-corrected chi connectivity index (χ2v) is 9.52. The Kier molecular flexibility index (Phi) is 4.66. The molecular formula is C19H13BrF3N3O2S. The molecule has 3 heterocycles. The van der Waals surface area contributed by atoms with Gasteiger partial charge in [-0.25, -0.2) is 13.4 Å². The predicted octanol–water partition coefficient (Wildman–Crippen LogP) is 5.15. The van der Waals surface area contributed by atoms with Crippen LogP contribution in [-0.4, -0.2) is 28.7 Å². The Labute approximate surface area is 172 Å². The molecule has 0 bridgehead atoms. The number of nitrogens with zero attached hydrogens (tertiary/aromatic N) is 3. The lowest BCUT2D eigenvalue weighted by Crippen LogP contribution is -2.11. The first kappa shape index (κ1) is 19.8. The van der Waals surface area contributed by atoms with Crippen LogP contribution in [0.1, 0.15) is 12.5 Å². The molecule has 0 aliphatic rings. The maximum atomic E-state index is 13.2. The number of benzene rings is 1. The molecule has 3 aromatic heterocycles. The summed E-state index contributed by atoms with van der Waals surface area (Å²) in [5.41, 5.74) is 0.00260. The Hall–Kier alpha value is -2.46. The van der Waals surface area contributed by atoms with Gasteiger partial charge in [0.25, 0.3) is 0 Å². The summed E-state index contributed by atoms with van der Waals surface area (Å²) in [7, 11) is -3.70. The van der Waals surface area contributed by atoms with Gasteiger partial charge >= 0.3 is 6.18 Å². The van der Waals surface area contributed by atoms with Gasteiger partial charge in [0.05, 0.1) is 27.9 Å². The van der Waals surface area contributed by atoms with Crippen molar-refractivity contribution in [2.24, 2.45) is 0 Å². The number of halogens is 4. The summed E-state index contributed by atoms with van der Waals surface area (Å²) in [6.07, 6.45) is -2.35. The third-order valence-electron chi connectivity index (χ3n) is 4.53. The minimum atomic E-state index is -4.57. The van der Waals surface area contributed by atoms with Crippen molar-refractivity contribution in [3.8, 4) is 5.82 Å². The zero-order chi connectivity index (χ0) is 21.0. The van der Waals surface area contributed by atoms with Crippen molar-refractivity contribution < 1.29 is 21.6 Å². The van der Waals surface area contributed by atoms with Gasteiger partial charge in [-0.15, -0.1) is 0 Å². The van der Waals surface area contributed by atoms with Crippen LogP contribution in [-0.2, 0) is 16.0 Å². The third kappa shape index (κ3) is 3.51. The van der Waals surface area contributed by atoms with Gasteiger partial charge in [0.1, 0.15) is 4.90 Å². The van der Waals surface area contributed by atoms with Gasteiger partial charge in [0, 0.05) is 22.3 Å². The van der Waals surface area contributed by atoms with Crippen LogP contribution in [0.15, 0.2) is 58.2 Å². The van der Waals surface area contributed by atoms with E-state index < -0.39 is 21.6 Å². The topological polar surface area (TPSA) is 64.8 Å². The minimum absolute atomic E-state index is 0.0357. The highest BCUT2D eigenvalue weighted by Crippen LogP contribution is 2.33. The Morgan fingerprint density at radius 1 is 1.10 bits per heavy atom. The summed E-state index contributed by atoms with van der Waals surface area (Å²) in [5, 5.41) is 0.606. The Balaban J connectivity index is 2.08. The smallest absolute Gasteiger partial charge is 0.298 e. The highest BCUT2D eigenvalue weighted by molar-refractivity contribution is 9.10. The van der Waals surface area contributed by atoms with Crippen molar-refractivity contribution in [1.29, 1.82) is 0 Å². The van der Waals surface area contributed by atoms with E-state index in [0.717, 1.165) is 16.7 Å². The number of aromatic nitrogens is 3. The van der Waals surface area contributed by atoms with Gasteiger partial charge in [0.15, 0.2) is 15.7 Å². The summed E-state index contributed by atoms with van der Waals surface area (Å²) >= 11 is 3.35. The summed E-state index contributed by atoms with van der Waals surface area (Å²) in [6, 6.07) is 9.16. The second kappa shape index (κ2) is 6.81. The number of fused-ring (bicyclic) bond motifs is 2. The molecule has 0 fully saturated rings. The number of hydrogen-bond donors (Lipinski definition) is 0. The molecule has 1 aromatic carbocycles. The SMILES string of the molecule is CCS(=O)(=O)c1cc2ccc(Br)cc2nc1-n1ccc2ncc(C(F)(F)F)cc21. The van der Waals surface area contributed by atoms with E-state index in [0.29, 0.717) is 16.4 Å². The average Bonchev–Trinajstić information content (AvgIpc) is 3.09. The first-order valence-corrected chi connectivity index (χ1v) is 10.9. The van der Waals surface area contributed by atoms with E-state index in [-0.39, 0.29) is 22.0 Å². The number of rotatable bonds is 3. The first-order valence-electron chi connectivity index (χ1n) is 8.48. The van der Waals surface area contributed by atoms with Crippen molar-refractivity contribution in [2.75, 3.05) is 5.75 Å². The third-order valence-corrected chi connectivity index (χ3v) is 6.76. The molecule has 4 aromatic rings. The Morgan fingerprint density at radius 3 is 2.55 bits per heavy atom. The van der Waals surface area contributed by atoms with E-state index in [1.165, 1.54) is 29.8 Å². The quantitative estimate of drug-likeness (QED) is 0.404. The van der Waals surface area contributed by atoms with Crippen LogP contribution in [0, 0.1) is 0 Å². The maximum Gasteiger partial charge on any atom is 0.417 e. The van der Waals surface area contributed by atoms with Gasteiger partial charge in [0.2, 0.25) is 0 Å². The van der Waals surface area contributed by atoms with Crippen LogP contribution in [0.5, 0.6) is 0 Å². The number of alkyl halides is 3. The molecule has 0 spiro atoms. The molecule has 0 atom stereocenters. The molecule has 150 valence electrons. The summed E-state index contributed by atoms with van der Waals surface area (Å²) in [5.74, 6) is -0.136. The summed E-state index contributed by atoms with van der Waals surface area (Å²) in [6.45, 7) is 1.50. The second-order valence-electron chi connectivity index (χ2n) is 6.36. The lowest BCUT2D eigenvalue weighted by Gasteiger charge is -2.13. The van der Waals surface area contributed by atoms with Crippen LogP contribution in [0.2, 0.25) is 0 Å². The van der Waals surface area contributed by atoms with Crippen LogP contribution in [0.3, 0.4) is 0 Å². The van der Waals surface area contributed by atoms with Crippen LogP contribution in [0.25, 0.3) is 27.8 Å². The van der Waals surface area contributed by atoms with Gasteiger partial charge < -0.3 is 0 Å². The summed E-state index contributed by atoms with van der Waals surface area (Å²) in [4.78, 5) is 8.28. The number of sulfone groups is 1. The fraction of sp³-hybridized carbons (Fsp3) is 0.158. The van der Waals surface area contributed by atoms with Crippen molar-refractivity contribution in [2.45, 2.75) is 18.0 Å². The van der Waals surface area contributed by atoms with E-state index in [1.54, 1.807) is 18.2 Å². The molecule has 0 aliphatic heterocycles. The van der Waals surface area contributed by atoms with Crippen LogP contribution in [0.4, 0.5) is 13.2 Å². The monoisotopic (exact) mass is 483 g/mol. The highest BCUT2D eigenvalue weighted by atomic mass is 79.9. The van der Waals surface area contributed by atoms with E-state index in [9.17, 15) is 21.6 Å². The molecule has 0 amide bonds. The zero-order valence-electron chi connectivity index (χ0n) is 14.9. The molecule has 10 heteroatoms. The molecule has 4 rings (SSSR count). The Morgan fingerprint density at radius 2 is 1.86 bits per heavy atom. The standard InChI is InChI=1S/C19H13BrF3N3O2S/c1-2-29(27,28)17-7-11-3-4-13(20)9-15(11)25-18(17)26-6-5-14-16(26)8-12(10-24-14)19(21,22)23/h3-10H,2H2,1H3. The maximum absolute atomic E-state index is 13.2. The molecule has 0 N–H and O–H groups in total. The van der Waals surface area contributed by atoms with E-state index in [2.05, 4.69) is 25.9 Å². The number of pyridine rings is 2. The molecule has 29 heavy (non-hydrogen) atoms.